The van der Waals surface area contributed by atoms with E-state index in [0.717, 1.165) is 5.56 Å². The van der Waals surface area contributed by atoms with Crippen LogP contribution in [0.25, 0.3) is 10.9 Å². The molecule has 0 aliphatic heterocycles. The number of ether oxygens (including phenoxy) is 2. The van der Waals surface area contributed by atoms with Crippen molar-refractivity contribution in [2.24, 2.45) is 0 Å². The second-order valence-electron chi connectivity index (χ2n) is 6.77. The molecule has 1 amide bonds. The lowest BCUT2D eigenvalue weighted by Gasteiger charge is -2.25. The zero-order valence-corrected chi connectivity index (χ0v) is 16.7. The van der Waals surface area contributed by atoms with E-state index in [1.807, 2.05) is 6.07 Å². The van der Waals surface area contributed by atoms with E-state index < -0.39 is 23.6 Å². The van der Waals surface area contributed by atoms with E-state index in [4.69, 9.17) is 15.9 Å². The van der Waals surface area contributed by atoms with Crippen molar-refractivity contribution in [1.29, 1.82) is 0 Å². The largest absolute Gasteiger partial charge is 0.479 e. The van der Waals surface area contributed by atoms with Crippen LogP contribution in [0.15, 0.2) is 60.8 Å². The lowest BCUT2D eigenvalue weighted by Crippen LogP contribution is -2.56. The van der Waals surface area contributed by atoms with Gasteiger partial charge in [0.25, 0.3) is 0 Å². The fourth-order valence-corrected chi connectivity index (χ4v) is 3.07. The number of carbonyl (C=O) groups excluding carboxylic acids is 2. The normalized spacial score (nSPS) is 12.4. The van der Waals surface area contributed by atoms with Gasteiger partial charge in [0.2, 0.25) is 5.54 Å². The smallest absolute Gasteiger partial charge is 0.409 e. The molecule has 0 bridgehead atoms. The number of carboxylic acid groups (broad SMARTS) is 1. The number of esters is 1. The molecule has 3 aromatic rings. The van der Waals surface area contributed by atoms with Gasteiger partial charge in [0.05, 0.1) is 12.1 Å². The average molecular weight is 420 g/mol. The average Bonchev–Trinajstić information content (AvgIpc) is 3.09. The molecule has 0 radical (unpaired) electrons. The summed E-state index contributed by atoms with van der Waals surface area (Å²) in [6.07, 6.45) is 6.04. The molecule has 1 unspecified atom stereocenters. The first-order valence-corrected chi connectivity index (χ1v) is 9.31. The van der Waals surface area contributed by atoms with E-state index in [-0.39, 0.29) is 18.9 Å². The van der Waals surface area contributed by atoms with E-state index >= 15 is 0 Å². The summed E-state index contributed by atoms with van der Waals surface area (Å²) >= 11 is 0. The summed E-state index contributed by atoms with van der Waals surface area (Å²) in [5, 5.41) is 12.7. The van der Waals surface area contributed by atoms with Gasteiger partial charge in [-0.3, -0.25) is 10.1 Å². The molecule has 31 heavy (non-hydrogen) atoms. The molecule has 158 valence electrons. The minimum atomic E-state index is -2.09. The molecule has 1 aromatic heterocycles. The number of hydrogen-bond donors (Lipinski definition) is 2. The van der Waals surface area contributed by atoms with Crippen LogP contribution in [-0.2, 0) is 27.5 Å². The topological polar surface area (TPSA) is 107 Å². The molecule has 0 fully saturated rings. The number of para-hydroxylation sites is 1. The minimum Gasteiger partial charge on any atom is -0.479 e. The zero-order valence-electron chi connectivity index (χ0n) is 16.7. The third-order valence-corrected chi connectivity index (χ3v) is 4.55. The number of aliphatic carboxylic acids is 1. The van der Waals surface area contributed by atoms with Gasteiger partial charge < -0.3 is 19.1 Å². The summed E-state index contributed by atoms with van der Waals surface area (Å²) < 4.78 is 11.9. The predicted molar refractivity (Wildman–Crippen MR) is 112 cm³/mol. The first-order valence-electron chi connectivity index (χ1n) is 9.31. The highest BCUT2D eigenvalue weighted by molar-refractivity contribution is 5.91. The van der Waals surface area contributed by atoms with E-state index in [9.17, 15) is 19.5 Å². The Hall–Kier alpha value is -4.25. The number of fused-ring (bicyclic) bond motifs is 1. The van der Waals surface area contributed by atoms with E-state index in [1.54, 1.807) is 48.5 Å². The van der Waals surface area contributed by atoms with E-state index in [2.05, 4.69) is 11.2 Å². The Balaban J connectivity index is 1.86. The lowest BCUT2D eigenvalue weighted by molar-refractivity contribution is -0.142. The van der Waals surface area contributed by atoms with Crippen molar-refractivity contribution >= 4 is 28.9 Å². The number of alkyl carbamates (subject to hydrolysis) is 1. The summed E-state index contributed by atoms with van der Waals surface area (Å²) in [5.74, 6) is 0.470. The molecule has 3 rings (SSSR count). The number of nitrogens with one attached hydrogen (secondary N) is 1. The Morgan fingerprint density at radius 3 is 2.45 bits per heavy atom. The summed E-state index contributed by atoms with van der Waals surface area (Å²) in [7, 11) is 0. The molecular weight excluding hydrogens is 400 g/mol. The summed E-state index contributed by atoms with van der Waals surface area (Å²) in [5.41, 5.74) is -0.774. The monoisotopic (exact) mass is 420 g/mol. The summed E-state index contributed by atoms with van der Waals surface area (Å²) in [6, 6.07) is 15.9. The van der Waals surface area contributed by atoms with Gasteiger partial charge in [-0.2, -0.15) is 0 Å². The van der Waals surface area contributed by atoms with E-state index in [1.165, 1.54) is 17.7 Å². The molecule has 2 N–H and O–H groups in total. The van der Waals surface area contributed by atoms with Crippen molar-refractivity contribution < 1.29 is 29.0 Å². The van der Waals surface area contributed by atoms with Crippen molar-refractivity contribution in [3.63, 3.8) is 0 Å². The molecule has 0 saturated heterocycles. The van der Waals surface area contributed by atoms with Crippen LogP contribution in [0.5, 0.6) is 5.75 Å². The van der Waals surface area contributed by atoms with Crippen LogP contribution in [0.2, 0.25) is 0 Å². The predicted octanol–water partition coefficient (Wildman–Crippen LogP) is 2.95. The standard InChI is InChI=1S/C23H20N2O6/c1-3-23(21(27)28,24-22(29)30-14-17-9-5-4-6-10-17)15-25-13-20(31-16(2)26)18-11-7-8-12-19(18)25/h1,4-13H,14-15H2,2H3,(H,24,29)(H,27,28). The number of amides is 1. The highest BCUT2D eigenvalue weighted by atomic mass is 16.5. The maximum absolute atomic E-state index is 12.3. The SMILES string of the molecule is C#CC(Cn1cc(OC(C)=O)c2ccccc21)(NC(=O)OCc1ccccc1)C(=O)O. The third-order valence-electron chi connectivity index (χ3n) is 4.55. The van der Waals surface area contributed by atoms with Gasteiger partial charge in [0.1, 0.15) is 6.61 Å². The van der Waals surface area contributed by atoms with Gasteiger partial charge >= 0.3 is 18.0 Å². The number of carboxylic acids is 1. The van der Waals surface area contributed by atoms with Crippen molar-refractivity contribution in [1.82, 2.24) is 9.88 Å². The van der Waals surface area contributed by atoms with Gasteiger partial charge in [-0.05, 0) is 17.7 Å². The van der Waals surface area contributed by atoms with E-state index in [0.29, 0.717) is 10.9 Å². The number of aromatic nitrogens is 1. The molecule has 0 aliphatic rings. The zero-order chi connectivity index (χ0) is 22.4. The molecule has 0 saturated carbocycles. The van der Waals surface area contributed by atoms with Crippen molar-refractivity contribution in [3.05, 3.63) is 66.4 Å². The Labute approximate surface area is 178 Å². The Bertz CT molecular complexity index is 1160. The minimum absolute atomic E-state index is 0.0456. The van der Waals surface area contributed by atoms with Crippen LogP contribution >= 0.6 is 0 Å². The Morgan fingerprint density at radius 2 is 1.81 bits per heavy atom. The maximum atomic E-state index is 12.3. The number of carbonyl (C=O) groups is 3. The lowest BCUT2D eigenvalue weighted by atomic mass is 10.0. The summed E-state index contributed by atoms with van der Waals surface area (Å²) in [6.45, 7) is 0.899. The molecule has 0 spiro atoms. The van der Waals surface area contributed by atoms with Crippen LogP contribution < -0.4 is 10.1 Å². The molecule has 1 heterocycles. The van der Waals surface area contributed by atoms with Gasteiger partial charge in [0, 0.05) is 18.5 Å². The number of benzene rings is 2. The first kappa shape index (κ1) is 21.5. The van der Waals surface area contributed by atoms with Gasteiger partial charge in [-0.15, -0.1) is 6.42 Å². The molecule has 2 aromatic carbocycles. The van der Waals surface area contributed by atoms with Crippen LogP contribution in [0, 0.1) is 12.3 Å². The quantitative estimate of drug-likeness (QED) is 0.450. The van der Waals surface area contributed by atoms with Gasteiger partial charge in [-0.1, -0.05) is 48.4 Å². The number of hydrogen-bond acceptors (Lipinski definition) is 5. The van der Waals surface area contributed by atoms with Crippen molar-refractivity contribution in [2.45, 2.75) is 25.6 Å². The van der Waals surface area contributed by atoms with Crippen LogP contribution in [0.1, 0.15) is 12.5 Å². The number of rotatable bonds is 7. The second-order valence-corrected chi connectivity index (χ2v) is 6.77. The fourth-order valence-electron chi connectivity index (χ4n) is 3.07. The van der Waals surface area contributed by atoms with Crippen LogP contribution in [0.4, 0.5) is 4.79 Å². The molecule has 8 heteroatoms. The van der Waals surface area contributed by atoms with Crippen LogP contribution in [-0.4, -0.2) is 33.2 Å². The van der Waals surface area contributed by atoms with Crippen molar-refractivity contribution in [3.8, 4) is 18.1 Å². The molecule has 0 aliphatic carbocycles. The number of terminal acetylenes is 1. The van der Waals surface area contributed by atoms with Gasteiger partial charge in [-0.25, -0.2) is 9.59 Å². The first-order chi connectivity index (χ1) is 14.8. The second kappa shape index (κ2) is 9.05. The highest BCUT2D eigenvalue weighted by Crippen LogP contribution is 2.29. The Morgan fingerprint density at radius 1 is 1.13 bits per heavy atom. The van der Waals surface area contributed by atoms with Crippen molar-refractivity contribution in [2.75, 3.05) is 0 Å². The fraction of sp³-hybridized carbons (Fsp3) is 0.174. The maximum Gasteiger partial charge on any atom is 0.409 e. The molecule has 1 atom stereocenters. The third kappa shape index (κ3) is 4.85. The molecule has 8 nitrogen and oxygen atoms in total. The van der Waals surface area contributed by atoms with Gasteiger partial charge in [0.15, 0.2) is 5.75 Å². The van der Waals surface area contributed by atoms with Crippen LogP contribution in [0.3, 0.4) is 0 Å². The summed E-state index contributed by atoms with van der Waals surface area (Å²) in [4.78, 5) is 35.8. The highest BCUT2D eigenvalue weighted by Gasteiger charge is 2.40. The molecular formula is C23H20N2O6. The number of nitrogens with zero attached hydrogens (tertiary/aromatic N) is 1. The Kier molecular flexibility index (Phi) is 6.26.